The van der Waals surface area contributed by atoms with Crippen LogP contribution in [0.2, 0.25) is 0 Å². The Morgan fingerprint density at radius 3 is 2.47 bits per heavy atom. The van der Waals surface area contributed by atoms with Gasteiger partial charge in [-0.05, 0) is 31.5 Å². The minimum absolute atomic E-state index is 0.271. The Morgan fingerprint density at radius 1 is 1.10 bits per heavy atom. The molecule has 156 valence electrons. The summed E-state index contributed by atoms with van der Waals surface area (Å²) in [6.45, 7) is 3.38. The van der Waals surface area contributed by atoms with Crippen LogP contribution < -0.4 is 10.9 Å². The Kier molecular flexibility index (Phi) is 6.41. The van der Waals surface area contributed by atoms with Crippen molar-refractivity contribution in [2.45, 2.75) is 32.9 Å². The highest BCUT2D eigenvalue weighted by Crippen LogP contribution is 2.08. The summed E-state index contributed by atoms with van der Waals surface area (Å²) in [5.41, 5.74) is 2.10. The van der Waals surface area contributed by atoms with Crippen LogP contribution in [0.25, 0.3) is 5.82 Å². The van der Waals surface area contributed by atoms with Crippen LogP contribution in [0.3, 0.4) is 0 Å². The Hall–Kier alpha value is -3.75. The third-order valence-corrected chi connectivity index (χ3v) is 4.48. The SMILES string of the molecule is COC(=O)C(Cc1ccccc1)NC(=O)Cn1nc(-n2nc(C)cc2C)ccc1=O. The molecule has 1 unspecified atom stereocenters. The van der Waals surface area contributed by atoms with Crippen molar-refractivity contribution in [3.05, 3.63) is 75.8 Å². The van der Waals surface area contributed by atoms with E-state index in [1.54, 1.807) is 10.7 Å². The summed E-state index contributed by atoms with van der Waals surface area (Å²) in [5.74, 6) is -0.674. The number of methoxy groups -OCH3 is 1. The predicted octanol–water partition coefficient (Wildman–Crippen LogP) is 0.946. The Labute approximate surface area is 173 Å². The summed E-state index contributed by atoms with van der Waals surface area (Å²) >= 11 is 0. The monoisotopic (exact) mass is 409 g/mol. The van der Waals surface area contributed by atoms with Gasteiger partial charge in [-0.2, -0.15) is 5.10 Å². The molecule has 3 aromatic rings. The van der Waals surface area contributed by atoms with E-state index in [9.17, 15) is 14.4 Å². The molecule has 0 aliphatic carbocycles. The smallest absolute Gasteiger partial charge is 0.328 e. The largest absolute Gasteiger partial charge is 0.467 e. The molecule has 0 saturated heterocycles. The van der Waals surface area contributed by atoms with Crippen LogP contribution in [0.4, 0.5) is 0 Å². The van der Waals surface area contributed by atoms with Crippen molar-refractivity contribution in [3.8, 4) is 5.82 Å². The summed E-state index contributed by atoms with van der Waals surface area (Å²) in [7, 11) is 1.26. The summed E-state index contributed by atoms with van der Waals surface area (Å²) in [5, 5.41) is 11.2. The molecule has 0 radical (unpaired) electrons. The van der Waals surface area contributed by atoms with E-state index in [1.165, 1.54) is 13.2 Å². The standard InChI is InChI=1S/C21H23N5O4/c1-14-11-15(2)26(23-14)18-9-10-20(28)25(24-18)13-19(27)22-17(21(29)30-3)12-16-7-5-4-6-8-16/h4-11,17H,12-13H2,1-3H3,(H,22,27). The summed E-state index contributed by atoms with van der Waals surface area (Å²) in [6.07, 6.45) is 0.271. The van der Waals surface area contributed by atoms with Crippen LogP contribution >= 0.6 is 0 Å². The number of benzene rings is 1. The number of nitrogens with zero attached hydrogens (tertiary/aromatic N) is 4. The fourth-order valence-corrected chi connectivity index (χ4v) is 3.09. The number of aromatic nitrogens is 4. The number of hydrogen-bond acceptors (Lipinski definition) is 6. The number of rotatable bonds is 7. The number of nitrogens with one attached hydrogen (secondary N) is 1. The molecule has 2 aromatic heterocycles. The number of ether oxygens (including phenoxy) is 1. The van der Waals surface area contributed by atoms with E-state index in [2.05, 4.69) is 15.5 Å². The van der Waals surface area contributed by atoms with Crippen molar-refractivity contribution in [1.29, 1.82) is 0 Å². The number of esters is 1. The molecule has 9 heteroatoms. The van der Waals surface area contributed by atoms with Crippen molar-refractivity contribution >= 4 is 11.9 Å². The molecule has 0 aliphatic heterocycles. The lowest BCUT2D eigenvalue weighted by Crippen LogP contribution is -2.45. The van der Waals surface area contributed by atoms with Gasteiger partial charge in [-0.3, -0.25) is 9.59 Å². The average molecular weight is 409 g/mol. The molecule has 30 heavy (non-hydrogen) atoms. The van der Waals surface area contributed by atoms with Crippen LogP contribution in [-0.4, -0.2) is 44.6 Å². The van der Waals surface area contributed by atoms with Crippen molar-refractivity contribution in [2.75, 3.05) is 7.11 Å². The highest BCUT2D eigenvalue weighted by molar-refractivity contribution is 5.84. The maximum absolute atomic E-state index is 12.6. The zero-order valence-electron chi connectivity index (χ0n) is 17.0. The fraction of sp³-hybridized carbons (Fsp3) is 0.286. The lowest BCUT2D eigenvalue weighted by molar-refractivity contribution is -0.145. The first-order chi connectivity index (χ1) is 14.4. The van der Waals surface area contributed by atoms with Crippen molar-refractivity contribution in [1.82, 2.24) is 24.9 Å². The molecule has 0 spiro atoms. The van der Waals surface area contributed by atoms with E-state index in [0.717, 1.165) is 21.6 Å². The van der Waals surface area contributed by atoms with E-state index in [-0.39, 0.29) is 13.0 Å². The molecule has 9 nitrogen and oxygen atoms in total. The van der Waals surface area contributed by atoms with Crippen LogP contribution in [0.1, 0.15) is 17.0 Å². The number of amides is 1. The average Bonchev–Trinajstić information content (AvgIpc) is 3.07. The van der Waals surface area contributed by atoms with E-state index < -0.39 is 23.5 Å². The van der Waals surface area contributed by atoms with E-state index in [0.29, 0.717) is 5.82 Å². The molecule has 2 heterocycles. The van der Waals surface area contributed by atoms with Crippen LogP contribution in [0, 0.1) is 13.8 Å². The highest BCUT2D eigenvalue weighted by Gasteiger charge is 2.22. The first-order valence-corrected chi connectivity index (χ1v) is 9.40. The van der Waals surface area contributed by atoms with Gasteiger partial charge >= 0.3 is 5.97 Å². The minimum Gasteiger partial charge on any atom is -0.467 e. The summed E-state index contributed by atoms with van der Waals surface area (Å²) in [4.78, 5) is 36.9. The lowest BCUT2D eigenvalue weighted by atomic mass is 10.1. The maximum atomic E-state index is 12.6. The number of carbonyl (C=O) groups excluding carboxylic acids is 2. The topological polar surface area (TPSA) is 108 Å². The lowest BCUT2D eigenvalue weighted by Gasteiger charge is -2.17. The van der Waals surface area contributed by atoms with Gasteiger partial charge in [0, 0.05) is 18.2 Å². The molecule has 0 fully saturated rings. The number of aryl methyl sites for hydroxylation is 2. The van der Waals surface area contributed by atoms with Gasteiger partial charge in [-0.15, -0.1) is 5.10 Å². The van der Waals surface area contributed by atoms with Gasteiger partial charge < -0.3 is 10.1 Å². The highest BCUT2D eigenvalue weighted by atomic mass is 16.5. The van der Waals surface area contributed by atoms with Crippen LogP contribution in [0.5, 0.6) is 0 Å². The second kappa shape index (κ2) is 9.17. The first-order valence-electron chi connectivity index (χ1n) is 9.40. The summed E-state index contributed by atoms with van der Waals surface area (Å²) in [6, 6.07) is 13.1. The molecule has 3 rings (SSSR count). The second-order valence-electron chi connectivity index (χ2n) is 6.86. The first kappa shape index (κ1) is 21.0. The van der Waals surface area contributed by atoms with E-state index in [1.807, 2.05) is 50.2 Å². The molecule has 1 atom stereocenters. The Morgan fingerprint density at radius 2 is 1.83 bits per heavy atom. The fourth-order valence-electron chi connectivity index (χ4n) is 3.09. The molecule has 1 amide bonds. The molecule has 1 N–H and O–H groups in total. The number of hydrogen-bond donors (Lipinski definition) is 1. The van der Waals surface area contributed by atoms with E-state index >= 15 is 0 Å². The van der Waals surface area contributed by atoms with Gasteiger partial charge in [0.1, 0.15) is 12.6 Å². The molecule has 0 saturated carbocycles. The summed E-state index contributed by atoms with van der Waals surface area (Å²) < 4.78 is 7.44. The Balaban J connectivity index is 1.77. The zero-order chi connectivity index (χ0) is 21.7. The molecule has 0 aliphatic rings. The quantitative estimate of drug-likeness (QED) is 0.582. The van der Waals surface area contributed by atoms with Crippen molar-refractivity contribution in [2.24, 2.45) is 0 Å². The Bertz CT molecular complexity index is 1100. The van der Waals surface area contributed by atoms with Crippen LogP contribution in [0.15, 0.2) is 53.3 Å². The normalized spacial score (nSPS) is 11.7. The third-order valence-electron chi connectivity index (χ3n) is 4.48. The van der Waals surface area contributed by atoms with E-state index in [4.69, 9.17) is 4.74 Å². The van der Waals surface area contributed by atoms with Gasteiger partial charge in [0.25, 0.3) is 5.56 Å². The predicted molar refractivity (Wildman–Crippen MR) is 109 cm³/mol. The second-order valence-corrected chi connectivity index (χ2v) is 6.86. The maximum Gasteiger partial charge on any atom is 0.328 e. The zero-order valence-corrected chi connectivity index (χ0v) is 17.0. The van der Waals surface area contributed by atoms with Gasteiger partial charge in [-0.1, -0.05) is 30.3 Å². The van der Waals surface area contributed by atoms with Gasteiger partial charge in [0.05, 0.1) is 12.8 Å². The van der Waals surface area contributed by atoms with Gasteiger partial charge in [0.2, 0.25) is 5.91 Å². The van der Waals surface area contributed by atoms with Crippen molar-refractivity contribution < 1.29 is 14.3 Å². The van der Waals surface area contributed by atoms with Gasteiger partial charge in [0.15, 0.2) is 5.82 Å². The third kappa shape index (κ3) is 4.99. The van der Waals surface area contributed by atoms with Crippen LogP contribution in [-0.2, 0) is 27.3 Å². The molecular weight excluding hydrogens is 386 g/mol. The minimum atomic E-state index is -0.875. The van der Waals surface area contributed by atoms with Gasteiger partial charge in [-0.25, -0.2) is 14.2 Å². The molecule has 0 bridgehead atoms. The number of carbonyl (C=O) groups is 2. The molecule has 1 aromatic carbocycles. The molecular formula is C21H23N5O4. The van der Waals surface area contributed by atoms with Crippen molar-refractivity contribution in [3.63, 3.8) is 0 Å².